The molecule has 5 heteroatoms. The lowest BCUT2D eigenvalue weighted by Crippen LogP contribution is -2.27. The molecule has 0 aliphatic carbocycles. The highest BCUT2D eigenvalue weighted by molar-refractivity contribution is 5.30. The zero-order valence-electron chi connectivity index (χ0n) is 7.39. The topological polar surface area (TPSA) is 86.7 Å². The van der Waals surface area contributed by atoms with E-state index in [4.69, 9.17) is 10.8 Å². The molecule has 0 aliphatic rings. The average molecular weight is 201 g/mol. The molecular weight excluding hydrogens is 189 g/mol. The van der Waals surface area contributed by atoms with Crippen molar-refractivity contribution in [2.45, 2.75) is 12.2 Å². The maximum Gasteiger partial charge on any atom is 0.129 e. The Morgan fingerprint density at radius 2 is 2.00 bits per heavy atom. The van der Waals surface area contributed by atoms with Gasteiger partial charge in [-0.05, 0) is 18.2 Å². The highest BCUT2D eigenvalue weighted by atomic mass is 19.1. The molecule has 1 aromatic rings. The third-order valence-corrected chi connectivity index (χ3v) is 1.90. The first-order valence-electron chi connectivity index (χ1n) is 4.11. The molecular formula is C9H12FNO3. The molecule has 0 fully saturated rings. The average Bonchev–Trinajstić information content (AvgIpc) is 2.19. The summed E-state index contributed by atoms with van der Waals surface area (Å²) in [6.45, 7) is -0.184. The minimum absolute atomic E-state index is 0.164. The molecule has 0 heterocycles. The molecule has 0 radical (unpaired) electrons. The highest BCUT2D eigenvalue weighted by Crippen LogP contribution is 2.23. The van der Waals surface area contributed by atoms with Gasteiger partial charge in [0.2, 0.25) is 0 Å². The molecule has 0 bridgehead atoms. The number of rotatable bonds is 3. The van der Waals surface area contributed by atoms with Gasteiger partial charge in [-0.25, -0.2) is 4.39 Å². The van der Waals surface area contributed by atoms with Gasteiger partial charge in [0.1, 0.15) is 17.7 Å². The molecule has 4 nitrogen and oxygen atoms in total. The van der Waals surface area contributed by atoms with Crippen molar-refractivity contribution in [1.29, 1.82) is 0 Å². The molecule has 0 amide bonds. The van der Waals surface area contributed by atoms with Crippen LogP contribution < -0.4 is 5.73 Å². The van der Waals surface area contributed by atoms with Crippen LogP contribution in [0.5, 0.6) is 5.75 Å². The van der Waals surface area contributed by atoms with Gasteiger partial charge in [-0.1, -0.05) is 0 Å². The van der Waals surface area contributed by atoms with E-state index in [0.29, 0.717) is 0 Å². The number of hydrogen-bond donors (Lipinski definition) is 4. The van der Waals surface area contributed by atoms with E-state index < -0.39 is 18.0 Å². The first kappa shape index (κ1) is 10.9. The maximum atomic E-state index is 13.1. The van der Waals surface area contributed by atoms with Crippen molar-refractivity contribution in [1.82, 2.24) is 0 Å². The fourth-order valence-electron chi connectivity index (χ4n) is 1.09. The van der Waals surface area contributed by atoms with Crippen LogP contribution in [0.4, 0.5) is 4.39 Å². The lowest BCUT2D eigenvalue weighted by atomic mass is 10.0. The minimum Gasteiger partial charge on any atom is -0.508 e. The SMILES string of the molecule is NCC(O)C(O)c1cc(O)ccc1F. The van der Waals surface area contributed by atoms with E-state index in [2.05, 4.69) is 0 Å². The van der Waals surface area contributed by atoms with Gasteiger partial charge in [0, 0.05) is 12.1 Å². The Morgan fingerprint density at radius 3 is 2.57 bits per heavy atom. The Labute approximate surface area is 80.4 Å². The van der Waals surface area contributed by atoms with Crippen LogP contribution in [0.25, 0.3) is 0 Å². The molecule has 0 aliphatic heterocycles. The molecule has 5 N–H and O–H groups in total. The minimum atomic E-state index is -1.42. The van der Waals surface area contributed by atoms with Crippen molar-refractivity contribution in [3.8, 4) is 5.75 Å². The predicted octanol–water partition coefficient (Wildman–Crippen LogP) is -0.116. The summed E-state index contributed by atoms with van der Waals surface area (Å²) in [7, 11) is 0. The van der Waals surface area contributed by atoms with Crippen LogP contribution in [-0.2, 0) is 0 Å². The van der Waals surface area contributed by atoms with E-state index >= 15 is 0 Å². The lowest BCUT2D eigenvalue weighted by molar-refractivity contribution is 0.0221. The van der Waals surface area contributed by atoms with Crippen LogP contribution in [0, 0.1) is 5.82 Å². The predicted molar refractivity (Wildman–Crippen MR) is 48.1 cm³/mol. The van der Waals surface area contributed by atoms with Crippen molar-refractivity contribution in [2.75, 3.05) is 6.54 Å². The number of aliphatic hydroxyl groups excluding tert-OH is 2. The fraction of sp³-hybridized carbons (Fsp3) is 0.333. The summed E-state index contributed by atoms with van der Waals surface area (Å²) in [6.07, 6.45) is -2.67. The van der Waals surface area contributed by atoms with Gasteiger partial charge in [-0.15, -0.1) is 0 Å². The number of hydrogen-bond acceptors (Lipinski definition) is 4. The monoisotopic (exact) mass is 201 g/mol. The van der Waals surface area contributed by atoms with Gasteiger partial charge in [-0.2, -0.15) is 0 Å². The fourth-order valence-corrected chi connectivity index (χ4v) is 1.09. The van der Waals surface area contributed by atoms with E-state index in [-0.39, 0.29) is 17.9 Å². The first-order valence-corrected chi connectivity index (χ1v) is 4.11. The van der Waals surface area contributed by atoms with E-state index in [9.17, 15) is 14.6 Å². The number of phenolic OH excluding ortho intramolecular Hbond substituents is 1. The Balaban J connectivity index is 2.99. The van der Waals surface area contributed by atoms with Crippen molar-refractivity contribution in [2.24, 2.45) is 5.73 Å². The van der Waals surface area contributed by atoms with E-state index in [0.717, 1.165) is 18.2 Å². The van der Waals surface area contributed by atoms with Gasteiger partial charge < -0.3 is 21.1 Å². The Hall–Kier alpha value is -1.17. The van der Waals surface area contributed by atoms with E-state index in [1.807, 2.05) is 0 Å². The molecule has 14 heavy (non-hydrogen) atoms. The molecule has 0 saturated heterocycles. The normalized spacial score (nSPS) is 15.1. The summed E-state index contributed by atoms with van der Waals surface area (Å²) in [5.41, 5.74) is 4.94. The van der Waals surface area contributed by atoms with Crippen molar-refractivity contribution in [3.05, 3.63) is 29.6 Å². The van der Waals surface area contributed by atoms with Gasteiger partial charge in [-0.3, -0.25) is 0 Å². The summed E-state index contributed by atoms with van der Waals surface area (Å²) in [6, 6.07) is 3.22. The molecule has 2 atom stereocenters. The summed E-state index contributed by atoms with van der Waals surface area (Å²) in [4.78, 5) is 0. The van der Waals surface area contributed by atoms with Gasteiger partial charge >= 0.3 is 0 Å². The number of aromatic hydroxyl groups is 1. The van der Waals surface area contributed by atoms with Crippen molar-refractivity contribution >= 4 is 0 Å². The van der Waals surface area contributed by atoms with Crippen LogP contribution in [0.15, 0.2) is 18.2 Å². The van der Waals surface area contributed by atoms with Gasteiger partial charge in [0.05, 0.1) is 6.10 Å². The second-order valence-corrected chi connectivity index (χ2v) is 2.95. The van der Waals surface area contributed by atoms with Crippen LogP contribution in [0.2, 0.25) is 0 Å². The molecule has 2 unspecified atom stereocenters. The molecule has 0 spiro atoms. The standard InChI is InChI=1S/C9H12FNO3/c10-7-2-1-5(12)3-6(7)9(14)8(13)4-11/h1-3,8-9,12-14H,4,11H2. The first-order chi connectivity index (χ1) is 6.56. The maximum absolute atomic E-state index is 13.1. The Kier molecular flexibility index (Phi) is 3.40. The second kappa shape index (κ2) is 4.36. The molecule has 78 valence electrons. The summed E-state index contributed by atoms with van der Waals surface area (Å²) in [5, 5.41) is 27.6. The zero-order valence-corrected chi connectivity index (χ0v) is 7.39. The van der Waals surface area contributed by atoms with Crippen LogP contribution in [0.1, 0.15) is 11.7 Å². The third kappa shape index (κ3) is 2.20. The lowest BCUT2D eigenvalue weighted by Gasteiger charge is -2.16. The third-order valence-electron chi connectivity index (χ3n) is 1.90. The van der Waals surface area contributed by atoms with Crippen molar-refractivity contribution < 1.29 is 19.7 Å². The second-order valence-electron chi connectivity index (χ2n) is 2.95. The zero-order chi connectivity index (χ0) is 10.7. The number of aliphatic hydroxyl groups is 2. The van der Waals surface area contributed by atoms with Crippen LogP contribution in [0.3, 0.4) is 0 Å². The van der Waals surface area contributed by atoms with Gasteiger partial charge in [0.15, 0.2) is 0 Å². The largest absolute Gasteiger partial charge is 0.508 e. The molecule has 1 aromatic carbocycles. The molecule has 0 saturated carbocycles. The molecule has 0 aromatic heterocycles. The summed E-state index contributed by atoms with van der Waals surface area (Å²) < 4.78 is 13.1. The smallest absolute Gasteiger partial charge is 0.129 e. The number of halogens is 1. The number of benzene rings is 1. The van der Waals surface area contributed by atoms with Crippen LogP contribution in [-0.4, -0.2) is 28.0 Å². The number of phenols is 1. The highest BCUT2D eigenvalue weighted by Gasteiger charge is 2.20. The Morgan fingerprint density at radius 1 is 1.36 bits per heavy atom. The quantitative estimate of drug-likeness (QED) is 0.549. The molecule has 1 rings (SSSR count). The van der Waals surface area contributed by atoms with Crippen LogP contribution >= 0.6 is 0 Å². The van der Waals surface area contributed by atoms with E-state index in [1.54, 1.807) is 0 Å². The van der Waals surface area contributed by atoms with E-state index in [1.165, 1.54) is 0 Å². The van der Waals surface area contributed by atoms with Gasteiger partial charge in [0.25, 0.3) is 0 Å². The summed E-state index contributed by atoms with van der Waals surface area (Å²) in [5.74, 6) is -0.868. The number of nitrogens with two attached hydrogens (primary N) is 1. The Bertz CT molecular complexity index is 319. The van der Waals surface area contributed by atoms with Crippen molar-refractivity contribution in [3.63, 3.8) is 0 Å². The summed E-state index contributed by atoms with van der Waals surface area (Å²) >= 11 is 0.